The third kappa shape index (κ3) is 7.71. The highest BCUT2D eigenvalue weighted by atomic mass is 16.1. The highest BCUT2D eigenvalue weighted by Crippen LogP contribution is 2.19. The normalized spacial score (nSPS) is 12.0. The second-order valence-corrected chi connectivity index (χ2v) is 4.74. The van der Waals surface area contributed by atoms with Crippen molar-refractivity contribution < 1.29 is 9.59 Å². The number of allylic oxidation sites excluding steroid dienone is 2. The topological polar surface area (TPSA) is 34.1 Å². The summed E-state index contributed by atoms with van der Waals surface area (Å²) < 4.78 is 0. The maximum absolute atomic E-state index is 11.4. The lowest BCUT2D eigenvalue weighted by Gasteiger charge is -2.16. The lowest BCUT2D eigenvalue weighted by atomic mass is 9.88. The van der Waals surface area contributed by atoms with Gasteiger partial charge in [0.05, 0.1) is 0 Å². The molecule has 0 fully saturated rings. The zero-order chi connectivity index (χ0) is 11.2. The Morgan fingerprint density at radius 3 is 2.14 bits per heavy atom. The molecule has 0 aromatic carbocycles. The monoisotopic (exact) mass is 196 g/mol. The molecule has 0 bridgehead atoms. The van der Waals surface area contributed by atoms with E-state index in [0.717, 1.165) is 0 Å². The Bertz CT molecular complexity index is 231. The Hall–Kier alpha value is -0.920. The second-order valence-electron chi connectivity index (χ2n) is 4.74. The van der Waals surface area contributed by atoms with Gasteiger partial charge in [-0.1, -0.05) is 26.8 Å². The van der Waals surface area contributed by atoms with Gasteiger partial charge >= 0.3 is 0 Å². The van der Waals surface area contributed by atoms with Gasteiger partial charge < -0.3 is 0 Å². The minimum Gasteiger partial charge on any atom is -0.300 e. The molecule has 0 aromatic heterocycles. The van der Waals surface area contributed by atoms with E-state index in [1.807, 2.05) is 20.8 Å². The van der Waals surface area contributed by atoms with Crippen LogP contribution in [0.5, 0.6) is 0 Å². The molecule has 0 aliphatic rings. The Kier molecular flexibility index (Phi) is 5.36. The average molecular weight is 196 g/mol. The Labute approximate surface area is 86.4 Å². The van der Waals surface area contributed by atoms with Crippen molar-refractivity contribution in [3.8, 4) is 0 Å². The fraction of sp³-hybridized carbons (Fsp3) is 0.667. The van der Waals surface area contributed by atoms with Crippen molar-refractivity contribution in [1.82, 2.24) is 0 Å². The fourth-order valence-corrected chi connectivity index (χ4v) is 1.21. The van der Waals surface area contributed by atoms with E-state index in [9.17, 15) is 9.59 Å². The van der Waals surface area contributed by atoms with Crippen LogP contribution in [0.1, 0.15) is 47.0 Å². The lowest BCUT2D eigenvalue weighted by molar-refractivity contribution is -0.123. The summed E-state index contributed by atoms with van der Waals surface area (Å²) in [6, 6.07) is 0. The molecule has 0 aliphatic carbocycles. The molecule has 0 amide bonds. The molecule has 0 saturated carbocycles. The number of Topliss-reactive ketones (excluding diaryl/α,β-unsaturated/α-hetero) is 1. The molecule has 14 heavy (non-hydrogen) atoms. The summed E-state index contributed by atoms with van der Waals surface area (Å²) in [5.41, 5.74) is 0.0285. The van der Waals surface area contributed by atoms with E-state index in [4.69, 9.17) is 0 Å². The molecule has 0 atom stereocenters. The predicted octanol–water partition coefficient (Wildman–Crippen LogP) is 2.92. The van der Waals surface area contributed by atoms with Crippen LogP contribution in [-0.2, 0) is 9.59 Å². The Morgan fingerprint density at radius 2 is 1.71 bits per heavy atom. The van der Waals surface area contributed by atoms with E-state index in [0.29, 0.717) is 19.3 Å². The van der Waals surface area contributed by atoms with Crippen LogP contribution in [0.25, 0.3) is 0 Å². The first-order valence-corrected chi connectivity index (χ1v) is 5.02. The first kappa shape index (κ1) is 13.1. The fourth-order valence-electron chi connectivity index (χ4n) is 1.21. The maximum atomic E-state index is 11.4. The molecule has 0 N–H and O–H groups in total. The first-order chi connectivity index (χ1) is 6.35. The van der Waals surface area contributed by atoms with E-state index >= 15 is 0 Å². The van der Waals surface area contributed by atoms with Gasteiger partial charge in [0.25, 0.3) is 0 Å². The van der Waals surface area contributed by atoms with Gasteiger partial charge in [0.2, 0.25) is 0 Å². The Morgan fingerprint density at radius 1 is 1.14 bits per heavy atom. The summed E-state index contributed by atoms with van der Waals surface area (Å²) in [5.74, 6) is 0.213. The van der Waals surface area contributed by atoms with Crippen LogP contribution < -0.4 is 0 Å². The van der Waals surface area contributed by atoms with Gasteiger partial charge in [0.15, 0.2) is 5.78 Å². The molecule has 0 heterocycles. The smallest absolute Gasteiger partial charge is 0.155 e. The minimum absolute atomic E-state index is 0.0285. The number of hydrogen-bond acceptors (Lipinski definition) is 2. The van der Waals surface area contributed by atoms with Crippen LogP contribution >= 0.6 is 0 Å². The van der Waals surface area contributed by atoms with E-state index in [1.54, 1.807) is 13.0 Å². The molecule has 0 saturated heterocycles. The third-order valence-corrected chi connectivity index (χ3v) is 1.73. The van der Waals surface area contributed by atoms with Crippen molar-refractivity contribution in [2.24, 2.45) is 5.41 Å². The van der Waals surface area contributed by atoms with Crippen molar-refractivity contribution >= 4 is 11.6 Å². The predicted molar refractivity (Wildman–Crippen MR) is 58.1 cm³/mol. The molecule has 0 radical (unpaired) electrons. The zero-order valence-corrected chi connectivity index (χ0v) is 9.59. The second kappa shape index (κ2) is 5.74. The molecular formula is C12H20O2. The summed E-state index contributed by atoms with van der Waals surface area (Å²) >= 11 is 0. The summed E-state index contributed by atoms with van der Waals surface area (Å²) in [4.78, 5) is 22.5. The molecular weight excluding hydrogens is 176 g/mol. The standard InChI is InChI=1S/C12H20O2/c1-5-6-10(13)7-8-11(14)9-12(2,3)4/h5-6H,7-9H2,1-4H3/b6-5+. The van der Waals surface area contributed by atoms with Crippen LogP contribution in [0.3, 0.4) is 0 Å². The molecule has 2 nitrogen and oxygen atoms in total. The third-order valence-electron chi connectivity index (χ3n) is 1.73. The number of carbonyl (C=O) groups excluding carboxylic acids is 2. The lowest BCUT2D eigenvalue weighted by Crippen LogP contribution is -2.13. The summed E-state index contributed by atoms with van der Waals surface area (Å²) in [6.45, 7) is 7.88. The van der Waals surface area contributed by atoms with Gasteiger partial charge in [-0.15, -0.1) is 0 Å². The van der Waals surface area contributed by atoms with Crippen molar-refractivity contribution in [3.63, 3.8) is 0 Å². The highest BCUT2D eigenvalue weighted by molar-refractivity contribution is 5.92. The van der Waals surface area contributed by atoms with Gasteiger partial charge in [-0.2, -0.15) is 0 Å². The summed E-state index contributed by atoms with van der Waals surface area (Å²) in [5, 5.41) is 0. The van der Waals surface area contributed by atoms with Crippen LogP contribution in [0.2, 0.25) is 0 Å². The van der Waals surface area contributed by atoms with Crippen LogP contribution in [0.4, 0.5) is 0 Å². The molecule has 0 unspecified atom stereocenters. The largest absolute Gasteiger partial charge is 0.300 e. The van der Waals surface area contributed by atoms with E-state index in [1.165, 1.54) is 6.08 Å². The maximum Gasteiger partial charge on any atom is 0.155 e. The number of hydrogen-bond donors (Lipinski definition) is 0. The van der Waals surface area contributed by atoms with Gasteiger partial charge in [0.1, 0.15) is 5.78 Å². The first-order valence-electron chi connectivity index (χ1n) is 5.02. The van der Waals surface area contributed by atoms with Crippen LogP contribution in [0, 0.1) is 5.41 Å². The minimum atomic E-state index is 0.0285. The zero-order valence-electron chi connectivity index (χ0n) is 9.59. The number of rotatable bonds is 5. The molecule has 0 aromatic rings. The van der Waals surface area contributed by atoms with E-state index in [2.05, 4.69) is 0 Å². The quantitative estimate of drug-likeness (QED) is 0.633. The summed E-state index contributed by atoms with van der Waals surface area (Å²) in [7, 11) is 0. The molecule has 0 aliphatic heterocycles. The van der Waals surface area contributed by atoms with Crippen molar-refractivity contribution in [2.45, 2.75) is 47.0 Å². The highest BCUT2D eigenvalue weighted by Gasteiger charge is 2.15. The Balaban J connectivity index is 3.81. The van der Waals surface area contributed by atoms with E-state index in [-0.39, 0.29) is 17.0 Å². The number of ketones is 2. The van der Waals surface area contributed by atoms with E-state index < -0.39 is 0 Å². The SMILES string of the molecule is C/C=C/C(=O)CCC(=O)CC(C)(C)C. The van der Waals surface area contributed by atoms with Crippen molar-refractivity contribution in [1.29, 1.82) is 0 Å². The molecule has 0 rings (SSSR count). The molecule has 0 spiro atoms. The molecule has 80 valence electrons. The molecule has 2 heteroatoms. The van der Waals surface area contributed by atoms with Gasteiger partial charge in [-0.05, 0) is 18.4 Å². The average Bonchev–Trinajstić information content (AvgIpc) is 1.98. The van der Waals surface area contributed by atoms with Crippen LogP contribution in [0.15, 0.2) is 12.2 Å². The number of carbonyl (C=O) groups is 2. The van der Waals surface area contributed by atoms with Gasteiger partial charge in [0, 0.05) is 19.3 Å². The van der Waals surface area contributed by atoms with Gasteiger partial charge in [-0.3, -0.25) is 9.59 Å². The van der Waals surface area contributed by atoms with Crippen LogP contribution in [-0.4, -0.2) is 11.6 Å². The van der Waals surface area contributed by atoms with Gasteiger partial charge in [-0.25, -0.2) is 0 Å². The summed E-state index contributed by atoms with van der Waals surface area (Å²) in [6.07, 6.45) is 4.50. The van der Waals surface area contributed by atoms with Crippen molar-refractivity contribution in [2.75, 3.05) is 0 Å². The van der Waals surface area contributed by atoms with Crippen molar-refractivity contribution in [3.05, 3.63) is 12.2 Å².